The van der Waals surface area contributed by atoms with E-state index in [1.165, 1.54) is 12.1 Å². The molecule has 39 heavy (non-hydrogen) atoms. The summed E-state index contributed by atoms with van der Waals surface area (Å²) in [5, 5.41) is 31.3. The van der Waals surface area contributed by atoms with Crippen molar-refractivity contribution in [2.45, 2.75) is 81.1 Å². The summed E-state index contributed by atoms with van der Waals surface area (Å²) in [4.78, 5) is 43.7. The van der Waals surface area contributed by atoms with Crippen molar-refractivity contribution in [2.24, 2.45) is 22.2 Å². The average Bonchev–Trinajstić information content (AvgIpc) is 2.83. The number of ketones is 3. The molecule has 0 amide bonds. The van der Waals surface area contributed by atoms with Crippen molar-refractivity contribution in [2.75, 3.05) is 0 Å². The third-order valence-corrected chi connectivity index (χ3v) is 8.79. The summed E-state index contributed by atoms with van der Waals surface area (Å²) >= 11 is 0. The molecule has 3 N–H and O–H groups in total. The predicted octanol–water partition coefficient (Wildman–Crippen LogP) is 7.18. The first kappa shape index (κ1) is 30.1. The topological polar surface area (TPSA) is 112 Å². The van der Waals surface area contributed by atoms with E-state index in [-0.39, 0.29) is 36.5 Å². The highest BCUT2D eigenvalue weighted by Crippen LogP contribution is 2.65. The lowest BCUT2D eigenvalue weighted by molar-refractivity contribution is -0.176. The van der Waals surface area contributed by atoms with Crippen LogP contribution in [-0.2, 0) is 14.4 Å². The molecule has 3 rings (SSSR count). The van der Waals surface area contributed by atoms with Gasteiger partial charge in [-0.1, -0.05) is 48.8 Å². The summed E-state index contributed by atoms with van der Waals surface area (Å²) in [7, 11) is 0. The van der Waals surface area contributed by atoms with E-state index in [4.69, 9.17) is 0 Å². The molecule has 0 unspecified atom stereocenters. The number of aromatic hydroxyl groups is 2. The molecule has 2 aliphatic rings. The Kier molecular flexibility index (Phi) is 8.21. The van der Waals surface area contributed by atoms with Crippen LogP contribution in [0.1, 0.15) is 86.6 Å². The molecule has 2 fully saturated rings. The Morgan fingerprint density at radius 1 is 0.846 bits per heavy atom. The molecule has 6 nitrogen and oxygen atoms in total. The maximum atomic E-state index is 14.7. The molecule has 0 radical (unpaired) electrons. The number of allylic oxidation sites excluding steroid dienone is 7. The normalized spacial score (nSPS) is 27.1. The van der Waals surface area contributed by atoms with Gasteiger partial charge in [-0.25, -0.2) is 0 Å². The Morgan fingerprint density at radius 2 is 1.41 bits per heavy atom. The lowest BCUT2D eigenvalue weighted by Gasteiger charge is -2.60. The lowest BCUT2D eigenvalue weighted by Crippen LogP contribution is -2.69. The Morgan fingerprint density at radius 3 is 1.95 bits per heavy atom. The number of rotatable bonds is 7. The fourth-order valence-electron chi connectivity index (χ4n) is 6.20. The van der Waals surface area contributed by atoms with E-state index >= 15 is 0 Å². The zero-order valence-corrected chi connectivity index (χ0v) is 24.4. The van der Waals surface area contributed by atoms with Crippen LogP contribution in [0.15, 0.2) is 58.7 Å². The second-order valence-corrected chi connectivity index (χ2v) is 12.5. The molecule has 0 spiro atoms. The molecule has 1 aromatic carbocycles. The highest BCUT2D eigenvalue weighted by atomic mass is 16.3. The Labute approximate surface area is 231 Å². The van der Waals surface area contributed by atoms with Crippen LogP contribution in [0.4, 0.5) is 0 Å². The van der Waals surface area contributed by atoms with Crippen molar-refractivity contribution < 1.29 is 29.7 Å². The van der Waals surface area contributed by atoms with Gasteiger partial charge < -0.3 is 15.3 Å². The Bertz CT molecular complexity index is 1330. The molecule has 6 heteroatoms. The van der Waals surface area contributed by atoms with Gasteiger partial charge in [-0.2, -0.15) is 0 Å². The van der Waals surface area contributed by atoms with Gasteiger partial charge in [0, 0.05) is 5.56 Å². The molecule has 3 atom stereocenters. The largest absolute Gasteiger partial charge is 0.506 e. The van der Waals surface area contributed by atoms with Crippen LogP contribution in [0.5, 0.6) is 11.5 Å². The van der Waals surface area contributed by atoms with Crippen molar-refractivity contribution in [1.82, 2.24) is 0 Å². The van der Waals surface area contributed by atoms with Crippen molar-refractivity contribution >= 4 is 23.1 Å². The van der Waals surface area contributed by atoms with Gasteiger partial charge in [0.25, 0.3) is 0 Å². The monoisotopic (exact) mass is 534 g/mol. The summed E-state index contributed by atoms with van der Waals surface area (Å²) in [6, 6.07) is 3.62. The van der Waals surface area contributed by atoms with Crippen LogP contribution in [-0.4, -0.2) is 32.7 Å². The molecule has 0 saturated heterocycles. The minimum absolute atomic E-state index is 0.0167. The van der Waals surface area contributed by atoms with Gasteiger partial charge in [0.15, 0.2) is 28.8 Å². The van der Waals surface area contributed by atoms with Crippen LogP contribution >= 0.6 is 0 Å². The number of carbonyl (C=O) groups excluding carboxylic acids is 3. The highest BCUT2D eigenvalue weighted by Gasteiger charge is 2.73. The van der Waals surface area contributed by atoms with E-state index in [0.717, 1.165) is 22.8 Å². The number of phenols is 2. The van der Waals surface area contributed by atoms with Crippen molar-refractivity contribution in [3.05, 3.63) is 64.3 Å². The van der Waals surface area contributed by atoms with E-state index in [0.29, 0.717) is 6.42 Å². The summed E-state index contributed by atoms with van der Waals surface area (Å²) in [5.74, 6) is -3.35. The lowest BCUT2D eigenvalue weighted by atomic mass is 9.38. The number of aliphatic hydroxyl groups excluding tert-OH is 1. The van der Waals surface area contributed by atoms with Gasteiger partial charge in [0.2, 0.25) is 0 Å². The maximum absolute atomic E-state index is 14.7. The molecule has 2 aliphatic carbocycles. The maximum Gasteiger partial charge on any atom is 0.184 e. The standard InChI is InChI=1S/C33H42O6/c1-19(2)9-11-23-18-32(15-13-20(3)4)28(37)26(27(36)22-10-12-24(34)25(35)17-22)29(38)33(30(32)39,31(23,7)8)16-14-21(5)6/h9-10,12-14,17,23,34-36H,11,15-16,18H2,1-8H3/b27-26-/t23-,32+,33-/m0/s1. The van der Waals surface area contributed by atoms with E-state index in [1.807, 2.05) is 67.5 Å². The number of carbonyl (C=O) groups is 3. The van der Waals surface area contributed by atoms with Crippen LogP contribution in [0.3, 0.4) is 0 Å². The van der Waals surface area contributed by atoms with E-state index in [9.17, 15) is 29.7 Å². The number of fused-ring (bicyclic) bond motifs is 2. The number of hydrogen-bond acceptors (Lipinski definition) is 6. The van der Waals surface area contributed by atoms with Gasteiger partial charge >= 0.3 is 0 Å². The smallest absolute Gasteiger partial charge is 0.184 e. The molecule has 1 aromatic rings. The Hall–Kier alpha value is -3.41. The van der Waals surface area contributed by atoms with Gasteiger partial charge in [-0.15, -0.1) is 0 Å². The van der Waals surface area contributed by atoms with Crippen LogP contribution in [0.25, 0.3) is 5.76 Å². The zero-order chi connectivity index (χ0) is 29.5. The van der Waals surface area contributed by atoms with Gasteiger partial charge in [0.1, 0.15) is 16.7 Å². The van der Waals surface area contributed by atoms with Gasteiger partial charge in [0.05, 0.1) is 5.41 Å². The van der Waals surface area contributed by atoms with Crippen LogP contribution in [0.2, 0.25) is 0 Å². The SMILES string of the molecule is CC(C)=CC[C@H]1C[C@]2(CC=C(C)C)C(=O)/C(=C(/O)c3ccc(O)c(O)c3)C(=O)[C@@](CC=C(C)C)(C2=O)C1(C)C. The minimum atomic E-state index is -1.58. The molecular formula is C33H42O6. The minimum Gasteiger partial charge on any atom is -0.506 e. The molecule has 0 heterocycles. The molecular weight excluding hydrogens is 492 g/mol. The molecule has 2 bridgehead atoms. The van der Waals surface area contributed by atoms with Crippen molar-refractivity contribution in [3.63, 3.8) is 0 Å². The van der Waals surface area contributed by atoms with Crippen LogP contribution < -0.4 is 0 Å². The number of hydrogen-bond donors (Lipinski definition) is 3. The summed E-state index contributed by atoms with van der Waals surface area (Å²) < 4.78 is 0. The first-order chi connectivity index (χ1) is 18.0. The fraction of sp³-hybridized carbons (Fsp3) is 0.485. The first-order valence-electron chi connectivity index (χ1n) is 13.5. The predicted molar refractivity (Wildman–Crippen MR) is 153 cm³/mol. The zero-order valence-electron chi connectivity index (χ0n) is 24.4. The van der Waals surface area contributed by atoms with Crippen molar-refractivity contribution in [1.29, 1.82) is 0 Å². The summed E-state index contributed by atoms with van der Waals surface area (Å²) in [6.45, 7) is 15.5. The Balaban J connectivity index is 2.45. The second-order valence-electron chi connectivity index (χ2n) is 12.5. The number of Topliss-reactive ketones (excluding diaryl/α,β-unsaturated/α-hetero) is 3. The fourth-order valence-corrected chi connectivity index (χ4v) is 6.20. The number of aliphatic hydroxyl groups is 1. The van der Waals surface area contributed by atoms with Crippen molar-refractivity contribution in [3.8, 4) is 11.5 Å². The van der Waals surface area contributed by atoms with Gasteiger partial charge in [-0.3, -0.25) is 14.4 Å². The first-order valence-corrected chi connectivity index (χ1v) is 13.5. The molecule has 210 valence electrons. The van der Waals surface area contributed by atoms with E-state index < -0.39 is 50.6 Å². The van der Waals surface area contributed by atoms with E-state index in [1.54, 1.807) is 0 Å². The summed E-state index contributed by atoms with van der Waals surface area (Å²) in [6.07, 6.45) is 6.98. The third kappa shape index (κ3) is 4.90. The number of benzene rings is 1. The highest BCUT2D eigenvalue weighted by molar-refractivity contribution is 6.41. The second kappa shape index (κ2) is 10.6. The van der Waals surface area contributed by atoms with Crippen LogP contribution in [0, 0.1) is 22.2 Å². The quantitative estimate of drug-likeness (QED) is 0.0853. The molecule has 0 aromatic heterocycles. The third-order valence-electron chi connectivity index (χ3n) is 8.79. The number of phenolic OH excluding ortho intramolecular Hbond substituents is 2. The van der Waals surface area contributed by atoms with E-state index in [2.05, 4.69) is 6.08 Å². The molecule has 2 saturated carbocycles. The van der Waals surface area contributed by atoms with Gasteiger partial charge in [-0.05, 0) is 96.8 Å². The molecule has 0 aliphatic heterocycles. The average molecular weight is 535 g/mol. The summed E-state index contributed by atoms with van der Waals surface area (Å²) in [5.41, 5.74) is -1.31.